The maximum Gasteiger partial charge on any atom is 0.225 e. The number of morpholine rings is 1. The second-order valence-corrected chi connectivity index (χ2v) is 5.82. The summed E-state index contributed by atoms with van der Waals surface area (Å²) in [6.07, 6.45) is 5.42. The SMILES string of the molecule is CC1CCC(N(C)C(=O)CC2CNCCO2)CC1. The van der Waals surface area contributed by atoms with Gasteiger partial charge < -0.3 is 15.0 Å². The maximum atomic E-state index is 12.2. The molecule has 0 aromatic carbocycles. The van der Waals surface area contributed by atoms with Crippen LogP contribution in [0, 0.1) is 5.92 Å². The van der Waals surface area contributed by atoms with Crippen LogP contribution in [0.2, 0.25) is 0 Å². The van der Waals surface area contributed by atoms with Gasteiger partial charge in [-0.3, -0.25) is 4.79 Å². The van der Waals surface area contributed by atoms with Gasteiger partial charge >= 0.3 is 0 Å². The zero-order valence-electron chi connectivity index (χ0n) is 11.7. The van der Waals surface area contributed by atoms with Gasteiger partial charge in [0.2, 0.25) is 5.91 Å². The molecule has 0 spiro atoms. The van der Waals surface area contributed by atoms with Gasteiger partial charge in [-0.2, -0.15) is 0 Å². The summed E-state index contributed by atoms with van der Waals surface area (Å²) in [7, 11) is 1.96. The lowest BCUT2D eigenvalue weighted by Crippen LogP contribution is -2.44. The third-order valence-electron chi connectivity index (χ3n) is 4.33. The summed E-state index contributed by atoms with van der Waals surface area (Å²) in [4.78, 5) is 14.2. The lowest BCUT2D eigenvalue weighted by molar-refractivity contribution is -0.136. The molecule has 1 heterocycles. The predicted octanol–water partition coefficient (Wildman–Crippen LogP) is 1.40. The Bertz CT molecular complexity index is 269. The standard InChI is InChI=1S/C14H26N2O2/c1-11-3-5-12(6-4-11)16(2)14(17)9-13-10-15-7-8-18-13/h11-13,15H,3-10H2,1-2H3. The van der Waals surface area contributed by atoms with Crippen molar-refractivity contribution in [2.75, 3.05) is 26.7 Å². The molecule has 4 nitrogen and oxygen atoms in total. The van der Waals surface area contributed by atoms with E-state index in [4.69, 9.17) is 4.74 Å². The van der Waals surface area contributed by atoms with E-state index in [9.17, 15) is 4.79 Å². The van der Waals surface area contributed by atoms with Crippen molar-refractivity contribution >= 4 is 5.91 Å². The molecule has 1 amide bonds. The van der Waals surface area contributed by atoms with Gasteiger partial charge in [0, 0.05) is 26.2 Å². The maximum absolute atomic E-state index is 12.2. The Morgan fingerprint density at radius 1 is 1.33 bits per heavy atom. The van der Waals surface area contributed by atoms with Crippen LogP contribution in [0.5, 0.6) is 0 Å². The summed E-state index contributed by atoms with van der Waals surface area (Å²) >= 11 is 0. The number of rotatable bonds is 3. The molecule has 0 radical (unpaired) electrons. The summed E-state index contributed by atoms with van der Waals surface area (Å²) in [6, 6.07) is 0.449. The van der Waals surface area contributed by atoms with E-state index < -0.39 is 0 Å². The molecule has 2 fully saturated rings. The largest absolute Gasteiger partial charge is 0.375 e. The lowest BCUT2D eigenvalue weighted by Gasteiger charge is -2.34. The molecule has 1 N–H and O–H groups in total. The molecular formula is C14H26N2O2. The van der Waals surface area contributed by atoms with Crippen LogP contribution in [0.15, 0.2) is 0 Å². The van der Waals surface area contributed by atoms with Crippen molar-refractivity contribution in [3.05, 3.63) is 0 Å². The van der Waals surface area contributed by atoms with Gasteiger partial charge in [-0.05, 0) is 31.6 Å². The van der Waals surface area contributed by atoms with Crippen LogP contribution in [-0.2, 0) is 9.53 Å². The topological polar surface area (TPSA) is 41.6 Å². The van der Waals surface area contributed by atoms with Crippen LogP contribution in [-0.4, -0.2) is 49.7 Å². The molecule has 2 rings (SSSR count). The van der Waals surface area contributed by atoms with Crippen LogP contribution < -0.4 is 5.32 Å². The van der Waals surface area contributed by atoms with E-state index in [-0.39, 0.29) is 12.0 Å². The van der Waals surface area contributed by atoms with E-state index in [1.807, 2.05) is 11.9 Å². The molecule has 0 aromatic heterocycles. The van der Waals surface area contributed by atoms with Crippen LogP contribution in [0.1, 0.15) is 39.0 Å². The first kappa shape index (κ1) is 13.8. The highest BCUT2D eigenvalue weighted by molar-refractivity contribution is 5.76. The molecule has 2 aliphatic rings. The normalized spacial score (nSPS) is 33.1. The van der Waals surface area contributed by atoms with Gasteiger partial charge in [-0.25, -0.2) is 0 Å². The number of nitrogens with zero attached hydrogens (tertiary/aromatic N) is 1. The van der Waals surface area contributed by atoms with Crippen LogP contribution in [0.4, 0.5) is 0 Å². The van der Waals surface area contributed by atoms with E-state index in [1.165, 1.54) is 12.8 Å². The molecule has 0 aromatic rings. The minimum absolute atomic E-state index is 0.0659. The van der Waals surface area contributed by atoms with Crippen molar-refractivity contribution in [2.24, 2.45) is 5.92 Å². The summed E-state index contributed by atoms with van der Waals surface area (Å²) in [5.74, 6) is 1.07. The lowest BCUT2D eigenvalue weighted by atomic mass is 9.86. The van der Waals surface area contributed by atoms with Crippen molar-refractivity contribution in [1.29, 1.82) is 0 Å². The molecule has 0 bridgehead atoms. The summed E-state index contributed by atoms with van der Waals surface area (Å²) in [5, 5.41) is 3.27. The minimum atomic E-state index is 0.0659. The van der Waals surface area contributed by atoms with Crippen molar-refractivity contribution in [3.8, 4) is 0 Å². The number of hydrogen-bond acceptors (Lipinski definition) is 3. The molecule has 1 saturated heterocycles. The van der Waals surface area contributed by atoms with Crippen LogP contribution in [0.3, 0.4) is 0 Å². The zero-order chi connectivity index (χ0) is 13.0. The number of amides is 1. The molecule has 1 aliphatic carbocycles. The Kier molecular flexibility index (Phi) is 5.01. The molecule has 1 atom stereocenters. The highest BCUT2D eigenvalue weighted by atomic mass is 16.5. The number of carbonyl (C=O) groups is 1. The molecule has 104 valence electrons. The summed E-state index contributed by atoms with van der Waals surface area (Å²) in [6.45, 7) is 4.74. The Labute approximate surface area is 110 Å². The smallest absolute Gasteiger partial charge is 0.225 e. The van der Waals surface area contributed by atoms with Gasteiger partial charge in [-0.1, -0.05) is 6.92 Å². The first-order valence-corrected chi connectivity index (χ1v) is 7.25. The second-order valence-electron chi connectivity index (χ2n) is 5.82. The van der Waals surface area contributed by atoms with Crippen molar-refractivity contribution in [1.82, 2.24) is 10.2 Å². The van der Waals surface area contributed by atoms with E-state index in [0.29, 0.717) is 12.5 Å². The van der Waals surface area contributed by atoms with Crippen molar-refractivity contribution in [2.45, 2.75) is 51.2 Å². The molecule has 1 saturated carbocycles. The van der Waals surface area contributed by atoms with Gasteiger partial charge in [-0.15, -0.1) is 0 Å². The average molecular weight is 254 g/mol. The monoisotopic (exact) mass is 254 g/mol. The molecular weight excluding hydrogens is 228 g/mol. The quantitative estimate of drug-likeness (QED) is 0.828. The van der Waals surface area contributed by atoms with E-state index in [0.717, 1.165) is 38.5 Å². The van der Waals surface area contributed by atoms with Crippen molar-refractivity contribution < 1.29 is 9.53 Å². The van der Waals surface area contributed by atoms with Gasteiger partial charge in [0.25, 0.3) is 0 Å². The third-order valence-corrected chi connectivity index (χ3v) is 4.33. The highest BCUT2D eigenvalue weighted by Crippen LogP contribution is 2.26. The first-order valence-electron chi connectivity index (χ1n) is 7.25. The fourth-order valence-electron chi connectivity index (χ4n) is 2.92. The fourth-order valence-corrected chi connectivity index (χ4v) is 2.92. The minimum Gasteiger partial charge on any atom is -0.375 e. The van der Waals surface area contributed by atoms with Gasteiger partial charge in [0.05, 0.1) is 19.1 Å². The highest BCUT2D eigenvalue weighted by Gasteiger charge is 2.26. The average Bonchev–Trinajstić information content (AvgIpc) is 2.40. The van der Waals surface area contributed by atoms with E-state index in [2.05, 4.69) is 12.2 Å². The van der Waals surface area contributed by atoms with Crippen LogP contribution >= 0.6 is 0 Å². The zero-order valence-corrected chi connectivity index (χ0v) is 11.7. The molecule has 18 heavy (non-hydrogen) atoms. The molecule has 1 aliphatic heterocycles. The second kappa shape index (κ2) is 6.53. The number of carbonyl (C=O) groups excluding carboxylic acids is 1. The van der Waals surface area contributed by atoms with E-state index >= 15 is 0 Å². The Morgan fingerprint density at radius 3 is 2.67 bits per heavy atom. The van der Waals surface area contributed by atoms with Crippen molar-refractivity contribution in [3.63, 3.8) is 0 Å². The third kappa shape index (κ3) is 3.69. The molecule has 1 unspecified atom stereocenters. The number of nitrogens with one attached hydrogen (secondary N) is 1. The number of ether oxygens (including phenoxy) is 1. The Balaban J connectivity index is 1.77. The first-order chi connectivity index (χ1) is 8.66. The molecule has 4 heteroatoms. The van der Waals surface area contributed by atoms with Gasteiger partial charge in [0.1, 0.15) is 0 Å². The summed E-state index contributed by atoms with van der Waals surface area (Å²) in [5.41, 5.74) is 0. The van der Waals surface area contributed by atoms with Gasteiger partial charge in [0.15, 0.2) is 0 Å². The summed E-state index contributed by atoms with van der Waals surface area (Å²) < 4.78 is 5.59. The van der Waals surface area contributed by atoms with E-state index in [1.54, 1.807) is 0 Å². The fraction of sp³-hybridized carbons (Fsp3) is 0.929. The van der Waals surface area contributed by atoms with Crippen LogP contribution in [0.25, 0.3) is 0 Å². The number of hydrogen-bond donors (Lipinski definition) is 1. The Morgan fingerprint density at radius 2 is 2.06 bits per heavy atom. The Hall–Kier alpha value is -0.610. The predicted molar refractivity (Wildman–Crippen MR) is 71.4 cm³/mol.